The van der Waals surface area contributed by atoms with Crippen LogP contribution in [-0.4, -0.2) is 62.0 Å². The summed E-state index contributed by atoms with van der Waals surface area (Å²) in [6.45, 7) is 1.00. The normalized spacial score (nSPS) is 17.3. The Hall–Kier alpha value is -1.48. The number of aliphatic hydroxyl groups is 4. The first-order valence-electron chi connectivity index (χ1n) is 5.29. The van der Waals surface area contributed by atoms with Gasteiger partial charge in [0.1, 0.15) is 31.1 Å². The summed E-state index contributed by atoms with van der Waals surface area (Å²) in [5.74, 6) is 0.372. The van der Waals surface area contributed by atoms with Crippen LogP contribution in [0.2, 0.25) is 0 Å². The molecule has 0 radical (unpaired) electrons. The van der Waals surface area contributed by atoms with Crippen LogP contribution in [0.4, 0.5) is 0 Å². The zero-order chi connectivity index (χ0) is 13.7. The van der Waals surface area contributed by atoms with Crippen LogP contribution < -0.4 is 0 Å². The first-order valence-corrected chi connectivity index (χ1v) is 5.29. The topological polar surface area (TPSA) is 131 Å². The van der Waals surface area contributed by atoms with Crippen LogP contribution in [0.15, 0.2) is 11.4 Å². The number of nitrogens with zero attached hydrogens (tertiary/aromatic N) is 2. The summed E-state index contributed by atoms with van der Waals surface area (Å²) in [4.78, 5) is 11.2. The van der Waals surface area contributed by atoms with Crippen molar-refractivity contribution < 1.29 is 25.3 Å². The number of rotatable bonds is 6. The van der Waals surface area contributed by atoms with Gasteiger partial charge in [-0.2, -0.15) is 0 Å². The highest BCUT2D eigenvalue weighted by atomic mass is 16.6. The van der Waals surface area contributed by atoms with E-state index in [1.54, 1.807) is 6.92 Å². The maximum absolute atomic E-state index is 9.75. The molecule has 0 unspecified atom stereocenters. The maximum Gasteiger partial charge on any atom is 0.155 e. The fourth-order valence-electron chi connectivity index (χ4n) is 1.35. The van der Waals surface area contributed by atoms with Crippen molar-refractivity contribution in [2.45, 2.75) is 25.2 Å². The van der Waals surface area contributed by atoms with Crippen LogP contribution in [0.25, 0.3) is 0 Å². The van der Waals surface area contributed by atoms with Gasteiger partial charge < -0.3 is 30.2 Å². The standard InChI is InChI=1S/C10H17N3O5/c1-5(13-18-2)10-11-3-6(12-10)8(16)9(17)7(15)4-14/h3,7-9,14-17H,4H2,1-2H3,(H,11,12)/b13-5+/t7-,8-,9-/m1/s1. The van der Waals surface area contributed by atoms with E-state index in [9.17, 15) is 15.3 Å². The SMILES string of the molecule is CO/N=C(\C)c1ncc([C@@H](O)[C@H](O)[C@H](O)CO)[nH]1. The largest absolute Gasteiger partial charge is 0.399 e. The number of aromatic amines is 1. The summed E-state index contributed by atoms with van der Waals surface area (Å²) in [5, 5.41) is 40.8. The number of oxime groups is 1. The highest BCUT2D eigenvalue weighted by Crippen LogP contribution is 2.17. The Labute approximate surface area is 104 Å². The predicted octanol–water partition coefficient (Wildman–Crippen LogP) is -1.47. The lowest BCUT2D eigenvalue weighted by Crippen LogP contribution is -2.34. The third-order valence-electron chi connectivity index (χ3n) is 2.39. The lowest BCUT2D eigenvalue weighted by molar-refractivity contribution is -0.0788. The van der Waals surface area contributed by atoms with Crippen molar-refractivity contribution in [2.75, 3.05) is 13.7 Å². The van der Waals surface area contributed by atoms with Gasteiger partial charge in [-0.15, -0.1) is 0 Å². The van der Waals surface area contributed by atoms with Gasteiger partial charge in [0.25, 0.3) is 0 Å². The second-order valence-corrected chi connectivity index (χ2v) is 3.73. The van der Waals surface area contributed by atoms with Crippen LogP contribution in [0, 0.1) is 0 Å². The van der Waals surface area contributed by atoms with Gasteiger partial charge in [0.05, 0.1) is 18.5 Å². The van der Waals surface area contributed by atoms with Crippen molar-refractivity contribution in [2.24, 2.45) is 5.16 Å². The number of imidazole rings is 1. The molecule has 0 saturated heterocycles. The molecule has 0 spiro atoms. The molecule has 18 heavy (non-hydrogen) atoms. The number of nitrogens with one attached hydrogen (secondary N) is 1. The summed E-state index contributed by atoms with van der Waals surface area (Å²) in [5.41, 5.74) is 0.670. The van der Waals surface area contributed by atoms with E-state index in [2.05, 4.69) is 20.0 Å². The summed E-state index contributed by atoms with van der Waals surface area (Å²) in [6, 6.07) is 0. The molecule has 8 nitrogen and oxygen atoms in total. The van der Waals surface area contributed by atoms with Crippen molar-refractivity contribution in [3.8, 4) is 0 Å². The summed E-state index contributed by atoms with van der Waals surface area (Å²) in [6.07, 6.45) is -3.02. The Balaban J connectivity index is 2.82. The second-order valence-electron chi connectivity index (χ2n) is 3.73. The molecule has 0 aliphatic carbocycles. The molecule has 1 aromatic rings. The number of aliphatic hydroxyl groups excluding tert-OH is 4. The maximum atomic E-state index is 9.75. The number of hydrogen-bond donors (Lipinski definition) is 5. The van der Waals surface area contributed by atoms with Gasteiger partial charge in [-0.1, -0.05) is 5.16 Å². The van der Waals surface area contributed by atoms with E-state index in [1.807, 2.05) is 0 Å². The van der Waals surface area contributed by atoms with Gasteiger partial charge in [-0.3, -0.25) is 0 Å². The Morgan fingerprint density at radius 3 is 2.72 bits per heavy atom. The highest BCUT2D eigenvalue weighted by Gasteiger charge is 2.27. The average Bonchev–Trinajstić information content (AvgIpc) is 2.86. The van der Waals surface area contributed by atoms with Crippen molar-refractivity contribution in [3.63, 3.8) is 0 Å². The van der Waals surface area contributed by atoms with Crippen LogP contribution in [0.3, 0.4) is 0 Å². The van der Waals surface area contributed by atoms with Crippen molar-refractivity contribution >= 4 is 5.71 Å². The Morgan fingerprint density at radius 1 is 1.50 bits per heavy atom. The molecular weight excluding hydrogens is 242 g/mol. The molecule has 1 heterocycles. The summed E-state index contributed by atoms with van der Waals surface area (Å²) >= 11 is 0. The fraction of sp³-hybridized carbons (Fsp3) is 0.600. The minimum atomic E-state index is -1.51. The minimum absolute atomic E-state index is 0.204. The van der Waals surface area contributed by atoms with Crippen LogP contribution >= 0.6 is 0 Å². The third kappa shape index (κ3) is 3.26. The number of H-pyrrole nitrogens is 1. The molecule has 0 saturated carbocycles. The highest BCUT2D eigenvalue weighted by molar-refractivity contribution is 5.94. The van der Waals surface area contributed by atoms with Crippen LogP contribution in [0.1, 0.15) is 24.5 Å². The Bertz CT molecular complexity index is 406. The van der Waals surface area contributed by atoms with Crippen LogP contribution in [0.5, 0.6) is 0 Å². The van der Waals surface area contributed by atoms with E-state index in [4.69, 9.17) is 5.11 Å². The van der Waals surface area contributed by atoms with Gasteiger partial charge >= 0.3 is 0 Å². The van der Waals surface area contributed by atoms with E-state index in [1.165, 1.54) is 13.3 Å². The molecular formula is C10H17N3O5. The van der Waals surface area contributed by atoms with E-state index in [-0.39, 0.29) is 5.69 Å². The molecule has 1 aromatic heterocycles. The molecule has 1 rings (SSSR count). The van der Waals surface area contributed by atoms with E-state index < -0.39 is 24.9 Å². The molecule has 5 N–H and O–H groups in total. The molecule has 0 aliphatic heterocycles. The van der Waals surface area contributed by atoms with E-state index in [0.717, 1.165) is 0 Å². The zero-order valence-corrected chi connectivity index (χ0v) is 10.1. The minimum Gasteiger partial charge on any atom is -0.399 e. The lowest BCUT2D eigenvalue weighted by atomic mass is 10.1. The smallest absolute Gasteiger partial charge is 0.155 e. The second kappa shape index (κ2) is 6.45. The van der Waals surface area contributed by atoms with Crippen LogP contribution in [-0.2, 0) is 4.84 Å². The van der Waals surface area contributed by atoms with Crippen molar-refractivity contribution in [1.82, 2.24) is 9.97 Å². The monoisotopic (exact) mass is 259 g/mol. The first kappa shape index (κ1) is 14.6. The summed E-state index contributed by atoms with van der Waals surface area (Å²) < 4.78 is 0. The molecule has 102 valence electrons. The van der Waals surface area contributed by atoms with E-state index in [0.29, 0.717) is 11.5 Å². The van der Waals surface area contributed by atoms with E-state index >= 15 is 0 Å². The van der Waals surface area contributed by atoms with Gasteiger partial charge in [0.15, 0.2) is 5.82 Å². The van der Waals surface area contributed by atoms with Gasteiger partial charge in [0, 0.05) is 0 Å². The molecule has 0 aromatic carbocycles. The molecule has 8 heteroatoms. The molecule has 0 amide bonds. The molecule has 0 fully saturated rings. The quantitative estimate of drug-likeness (QED) is 0.313. The van der Waals surface area contributed by atoms with Crippen molar-refractivity contribution in [1.29, 1.82) is 0 Å². The molecule has 0 bridgehead atoms. The van der Waals surface area contributed by atoms with Gasteiger partial charge in [-0.25, -0.2) is 4.98 Å². The predicted molar refractivity (Wildman–Crippen MR) is 61.9 cm³/mol. The first-order chi connectivity index (χ1) is 8.51. The third-order valence-corrected chi connectivity index (χ3v) is 2.39. The average molecular weight is 259 g/mol. The number of hydrogen-bond acceptors (Lipinski definition) is 7. The van der Waals surface area contributed by atoms with Gasteiger partial charge in [0.2, 0.25) is 0 Å². The Kier molecular flexibility index (Phi) is 5.23. The van der Waals surface area contributed by atoms with Gasteiger partial charge in [-0.05, 0) is 6.92 Å². The molecule has 3 atom stereocenters. The zero-order valence-electron chi connectivity index (χ0n) is 10.1. The lowest BCUT2D eigenvalue weighted by Gasteiger charge is -2.20. The number of aromatic nitrogens is 2. The molecule has 0 aliphatic rings. The summed E-state index contributed by atoms with van der Waals surface area (Å²) in [7, 11) is 1.39. The Morgan fingerprint density at radius 2 is 2.17 bits per heavy atom. The fourth-order valence-corrected chi connectivity index (χ4v) is 1.35. The van der Waals surface area contributed by atoms with Crippen molar-refractivity contribution in [3.05, 3.63) is 17.7 Å².